The number of carbonyl (C=O) groups is 1. The van der Waals surface area contributed by atoms with Gasteiger partial charge in [0.2, 0.25) is 0 Å². The topological polar surface area (TPSA) is 61.8 Å². The maximum atomic E-state index is 12.2. The molecule has 7 heteroatoms. The third kappa shape index (κ3) is 5.33. The quantitative estimate of drug-likeness (QED) is 0.835. The van der Waals surface area contributed by atoms with E-state index in [0.29, 0.717) is 11.5 Å². The minimum atomic E-state index is -2.87. The van der Waals surface area contributed by atoms with Crippen molar-refractivity contribution in [3.8, 4) is 5.75 Å². The van der Waals surface area contributed by atoms with Crippen LogP contribution in [0.4, 0.5) is 13.6 Å². The predicted octanol–water partition coefficient (Wildman–Crippen LogP) is 2.98. The second kappa shape index (κ2) is 8.82. The average Bonchev–Trinajstić information content (AvgIpc) is 2.59. The molecular formula is C17H24F2N2O3. The summed E-state index contributed by atoms with van der Waals surface area (Å²) in [4.78, 5) is 13.9. The highest BCUT2D eigenvalue weighted by Gasteiger charge is 2.26. The van der Waals surface area contributed by atoms with Crippen molar-refractivity contribution in [2.75, 3.05) is 13.7 Å². The van der Waals surface area contributed by atoms with E-state index in [2.05, 4.69) is 10.1 Å². The van der Waals surface area contributed by atoms with Crippen LogP contribution in [0.15, 0.2) is 24.3 Å². The summed E-state index contributed by atoms with van der Waals surface area (Å²) in [7, 11) is 1.76. The normalized spacial score (nSPS) is 20.7. The van der Waals surface area contributed by atoms with Gasteiger partial charge in [-0.1, -0.05) is 12.1 Å². The summed E-state index contributed by atoms with van der Waals surface area (Å²) in [6.45, 7) is -2.41. The van der Waals surface area contributed by atoms with E-state index in [1.807, 2.05) is 0 Å². The second-order valence-corrected chi connectivity index (χ2v) is 6.15. The molecule has 134 valence electrons. The van der Waals surface area contributed by atoms with E-state index in [-0.39, 0.29) is 31.0 Å². The first-order valence-corrected chi connectivity index (χ1v) is 8.15. The number of aliphatic hydroxyl groups is 1. The third-order valence-electron chi connectivity index (χ3n) is 4.51. The molecular weight excluding hydrogens is 318 g/mol. The molecule has 0 atom stereocenters. The fraction of sp³-hybridized carbons (Fsp3) is 0.588. The summed E-state index contributed by atoms with van der Waals surface area (Å²) in [5.41, 5.74) is 0.693. The Kier molecular flexibility index (Phi) is 6.78. The number of hydrogen-bond donors (Lipinski definition) is 2. The van der Waals surface area contributed by atoms with E-state index < -0.39 is 6.61 Å². The molecule has 0 aliphatic heterocycles. The minimum Gasteiger partial charge on any atom is -0.435 e. The summed E-state index contributed by atoms with van der Waals surface area (Å²) in [5.74, 6) is 0.419. The summed E-state index contributed by atoms with van der Waals surface area (Å²) < 4.78 is 28.8. The Hall–Kier alpha value is -1.89. The number of aliphatic hydroxyl groups excluding tert-OH is 1. The Bertz CT molecular complexity index is 534. The van der Waals surface area contributed by atoms with Crippen molar-refractivity contribution in [2.45, 2.75) is 44.9 Å². The van der Waals surface area contributed by atoms with E-state index in [0.717, 1.165) is 25.7 Å². The first-order valence-electron chi connectivity index (χ1n) is 8.15. The number of rotatable bonds is 6. The lowest BCUT2D eigenvalue weighted by Gasteiger charge is -2.34. The van der Waals surface area contributed by atoms with Crippen LogP contribution in [0.2, 0.25) is 0 Å². The number of hydrogen-bond acceptors (Lipinski definition) is 3. The summed E-state index contributed by atoms with van der Waals surface area (Å²) in [6, 6.07) is 6.26. The zero-order valence-corrected chi connectivity index (χ0v) is 13.8. The van der Waals surface area contributed by atoms with Crippen LogP contribution in [-0.2, 0) is 6.54 Å². The van der Waals surface area contributed by atoms with Crippen molar-refractivity contribution >= 4 is 6.03 Å². The lowest BCUT2D eigenvalue weighted by molar-refractivity contribution is -0.0498. The number of urea groups is 1. The van der Waals surface area contributed by atoms with Crippen molar-refractivity contribution < 1.29 is 23.4 Å². The molecule has 2 amide bonds. The minimum absolute atomic E-state index is 0.0763. The third-order valence-corrected chi connectivity index (χ3v) is 4.51. The molecule has 0 heterocycles. The Balaban J connectivity index is 1.82. The second-order valence-electron chi connectivity index (χ2n) is 6.15. The SMILES string of the molecule is CN(C(=O)NCc1cccc(OC(F)F)c1)C1CCC(CO)CC1. The van der Waals surface area contributed by atoms with Gasteiger partial charge in [-0.2, -0.15) is 8.78 Å². The molecule has 1 aliphatic rings. The van der Waals surface area contributed by atoms with E-state index in [1.54, 1.807) is 24.1 Å². The fourth-order valence-electron chi connectivity index (χ4n) is 3.01. The van der Waals surface area contributed by atoms with Gasteiger partial charge < -0.3 is 20.1 Å². The monoisotopic (exact) mass is 342 g/mol. The number of benzene rings is 1. The molecule has 2 N–H and O–H groups in total. The van der Waals surface area contributed by atoms with Gasteiger partial charge in [-0.05, 0) is 49.3 Å². The number of amides is 2. The fourth-order valence-corrected chi connectivity index (χ4v) is 3.01. The summed E-state index contributed by atoms with van der Waals surface area (Å²) >= 11 is 0. The van der Waals surface area contributed by atoms with Crippen LogP contribution in [0.25, 0.3) is 0 Å². The number of halogens is 2. The molecule has 0 radical (unpaired) electrons. The van der Waals surface area contributed by atoms with Crippen molar-refractivity contribution in [1.82, 2.24) is 10.2 Å². The van der Waals surface area contributed by atoms with Gasteiger partial charge >= 0.3 is 12.6 Å². The summed E-state index contributed by atoms with van der Waals surface area (Å²) in [5, 5.41) is 12.0. The molecule has 1 fully saturated rings. The number of alkyl halides is 2. The molecule has 1 aromatic carbocycles. The molecule has 2 rings (SSSR count). The molecule has 0 saturated heterocycles. The van der Waals surface area contributed by atoms with Crippen LogP contribution in [0.3, 0.4) is 0 Å². The number of carbonyl (C=O) groups excluding carboxylic acids is 1. The highest BCUT2D eigenvalue weighted by Crippen LogP contribution is 2.26. The Morgan fingerprint density at radius 1 is 1.38 bits per heavy atom. The standard InChI is InChI=1S/C17H24F2N2O3/c1-21(14-7-5-12(11-22)6-8-14)17(23)20-10-13-3-2-4-15(9-13)24-16(18)19/h2-4,9,12,14,16,22H,5-8,10-11H2,1H3,(H,20,23). The van der Waals surface area contributed by atoms with Gasteiger partial charge in [0, 0.05) is 26.2 Å². The number of ether oxygens (including phenoxy) is 1. The van der Waals surface area contributed by atoms with Crippen molar-refractivity contribution in [3.63, 3.8) is 0 Å². The van der Waals surface area contributed by atoms with Crippen molar-refractivity contribution in [1.29, 1.82) is 0 Å². The van der Waals surface area contributed by atoms with Crippen molar-refractivity contribution in [3.05, 3.63) is 29.8 Å². The van der Waals surface area contributed by atoms with E-state index in [1.165, 1.54) is 12.1 Å². The molecule has 0 unspecified atom stereocenters. The first kappa shape index (κ1) is 18.4. The lowest BCUT2D eigenvalue weighted by atomic mass is 9.86. The van der Waals surface area contributed by atoms with Crippen LogP contribution >= 0.6 is 0 Å². The van der Waals surface area contributed by atoms with E-state index in [9.17, 15) is 13.6 Å². The van der Waals surface area contributed by atoms with E-state index in [4.69, 9.17) is 5.11 Å². The lowest BCUT2D eigenvalue weighted by Crippen LogP contribution is -2.45. The van der Waals surface area contributed by atoms with Crippen LogP contribution in [-0.4, -0.2) is 42.3 Å². The number of nitrogens with one attached hydrogen (secondary N) is 1. The van der Waals surface area contributed by atoms with Gasteiger partial charge in [-0.25, -0.2) is 4.79 Å². The Morgan fingerprint density at radius 3 is 2.71 bits per heavy atom. The number of nitrogens with zero attached hydrogens (tertiary/aromatic N) is 1. The van der Waals surface area contributed by atoms with E-state index >= 15 is 0 Å². The molecule has 1 aliphatic carbocycles. The van der Waals surface area contributed by atoms with Gasteiger partial charge in [0.15, 0.2) is 0 Å². The molecule has 0 bridgehead atoms. The van der Waals surface area contributed by atoms with Crippen LogP contribution < -0.4 is 10.1 Å². The average molecular weight is 342 g/mol. The smallest absolute Gasteiger partial charge is 0.387 e. The van der Waals surface area contributed by atoms with Crippen LogP contribution in [0.5, 0.6) is 5.75 Å². The van der Waals surface area contributed by atoms with Crippen LogP contribution in [0, 0.1) is 5.92 Å². The molecule has 0 spiro atoms. The molecule has 24 heavy (non-hydrogen) atoms. The first-order chi connectivity index (χ1) is 11.5. The molecule has 1 aromatic rings. The highest BCUT2D eigenvalue weighted by atomic mass is 19.3. The predicted molar refractivity (Wildman–Crippen MR) is 85.9 cm³/mol. The molecule has 0 aromatic heterocycles. The molecule has 5 nitrogen and oxygen atoms in total. The Labute approximate surface area is 140 Å². The zero-order chi connectivity index (χ0) is 17.5. The van der Waals surface area contributed by atoms with Gasteiger partial charge in [0.1, 0.15) is 5.75 Å². The maximum Gasteiger partial charge on any atom is 0.387 e. The molecule has 1 saturated carbocycles. The summed E-state index contributed by atoms with van der Waals surface area (Å²) in [6.07, 6.45) is 3.61. The largest absolute Gasteiger partial charge is 0.435 e. The zero-order valence-electron chi connectivity index (χ0n) is 13.8. The Morgan fingerprint density at radius 2 is 2.08 bits per heavy atom. The van der Waals surface area contributed by atoms with Gasteiger partial charge in [-0.3, -0.25) is 0 Å². The van der Waals surface area contributed by atoms with Crippen LogP contribution in [0.1, 0.15) is 31.2 Å². The van der Waals surface area contributed by atoms with Gasteiger partial charge in [0.25, 0.3) is 0 Å². The highest BCUT2D eigenvalue weighted by molar-refractivity contribution is 5.74. The maximum absolute atomic E-state index is 12.2. The van der Waals surface area contributed by atoms with Gasteiger partial charge in [-0.15, -0.1) is 0 Å². The van der Waals surface area contributed by atoms with Gasteiger partial charge in [0.05, 0.1) is 0 Å². The van der Waals surface area contributed by atoms with Crippen molar-refractivity contribution in [2.24, 2.45) is 5.92 Å².